The third kappa shape index (κ3) is 3.67. The van der Waals surface area contributed by atoms with Crippen molar-refractivity contribution in [2.75, 3.05) is 7.11 Å². The minimum atomic E-state index is -4.49. The Balaban J connectivity index is 2.97. The summed E-state index contributed by atoms with van der Waals surface area (Å²) in [6.45, 7) is 1.67. The molecule has 0 amide bonds. The summed E-state index contributed by atoms with van der Waals surface area (Å²) >= 11 is 0. The maximum Gasteiger partial charge on any atom is 0.416 e. The average molecular weight is 249 g/mol. The van der Waals surface area contributed by atoms with Gasteiger partial charge in [-0.3, -0.25) is 4.98 Å². The number of ether oxygens (including phenoxy) is 1. The Labute approximate surface area is 97.2 Å². The van der Waals surface area contributed by atoms with Crippen LogP contribution in [-0.4, -0.2) is 23.3 Å². The van der Waals surface area contributed by atoms with Crippen molar-refractivity contribution in [2.24, 2.45) is 0 Å². The second-order valence-electron chi connectivity index (χ2n) is 3.76. The predicted molar refractivity (Wildman–Crippen MR) is 55.3 cm³/mol. The highest BCUT2D eigenvalue weighted by molar-refractivity contribution is 5.28. The number of pyridine rings is 1. The van der Waals surface area contributed by atoms with Gasteiger partial charge in [0.15, 0.2) is 0 Å². The summed E-state index contributed by atoms with van der Waals surface area (Å²) < 4.78 is 42.9. The number of halogens is 3. The number of methoxy groups -OCH3 is 1. The molecule has 1 aromatic rings. The topological polar surface area (TPSA) is 42.4 Å². The second-order valence-corrected chi connectivity index (χ2v) is 3.76. The van der Waals surface area contributed by atoms with E-state index in [0.717, 1.165) is 18.5 Å². The summed E-state index contributed by atoms with van der Waals surface area (Å²) in [5.74, 6) is 0. The molecule has 96 valence electrons. The van der Waals surface area contributed by atoms with E-state index in [1.165, 1.54) is 7.11 Å². The van der Waals surface area contributed by atoms with Gasteiger partial charge in [0.05, 0.1) is 17.8 Å². The molecule has 1 rings (SSSR count). The van der Waals surface area contributed by atoms with Crippen LogP contribution in [0, 0.1) is 0 Å². The van der Waals surface area contributed by atoms with Crippen LogP contribution in [0.25, 0.3) is 0 Å². The van der Waals surface area contributed by atoms with Crippen molar-refractivity contribution in [1.82, 2.24) is 4.98 Å². The lowest BCUT2D eigenvalue weighted by Crippen LogP contribution is -2.16. The van der Waals surface area contributed by atoms with Gasteiger partial charge in [0.25, 0.3) is 0 Å². The Bertz CT molecular complexity index is 368. The van der Waals surface area contributed by atoms with Gasteiger partial charge in [-0.25, -0.2) is 0 Å². The van der Waals surface area contributed by atoms with Gasteiger partial charge in [-0.15, -0.1) is 0 Å². The number of alkyl halides is 3. The van der Waals surface area contributed by atoms with E-state index in [4.69, 9.17) is 4.74 Å². The number of aromatic nitrogens is 1. The molecule has 2 atom stereocenters. The van der Waals surface area contributed by atoms with Gasteiger partial charge in [0, 0.05) is 31.5 Å². The molecule has 0 spiro atoms. The van der Waals surface area contributed by atoms with Crippen molar-refractivity contribution in [2.45, 2.75) is 31.7 Å². The van der Waals surface area contributed by atoms with E-state index in [9.17, 15) is 18.3 Å². The fourth-order valence-electron chi connectivity index (χ4n) is 1.47. The van der Waals surface area contributed by atoms with Crippen LogP contribution in [-0.2, 0) is 10.9 Å². The molecular weight excluding hydrogens is 235 g/mol. The van der Waals surface area contributed by atoms with Gasteiger partial charge in [-0.05, 0) is 13.0 Å². The Morgan fingerprint density at radius 2 is 2.12 bits per heavy atom. The fourth-order valence-corrected chi connectivity index (χ4v) is 1.47. The van der Waals surface area contributed by atoms with Crippen LogP contribution in [0.1, 0.15) is 30.6 Å². The summed E-state index contributed by atoms with van der Waals surface area (Å²) in [6.07, 6.45) is -3.88. The van der Waals surface area contributed by atoms with E-state index in [-0.39, 0.29) is 18.1 Å². The van der Waals surface area contributed by atoms with E-state index in [0.29, 0.717) is 0 Å². The lowest BCUT2D eigenvalue weighted by Gasteiger charge is -2.19. The first-order chi connectivity index (χ1) is 7.86. The zero-order valence-corrected chi connectivity index (χ0v) is 9.53. The summed E-state index contributed by atoms with van der Waals surface area (Å²) in [5, 5.41) is 9.75. The number of aliphatic hydroxyl groups is 1. The SMILES string of the molecule is COC(C)CC(O)c1cnccc1C(F)(F)F. The van der Waals surface area contributed by atoms with E-state index in [1.807, 2.05) is 0 Å². The van der Waals surface area contributed by atoms with Crippen molar-refractivity contribution < 1.29 is 23.0 Å². The van der Waals surface area contributed by atoms with Crippen molar-refractivity contribution in [3.8, 4) is 0 Å². The lowest BCUT2D eigenvalue weighted by atomic mass is 10.0. The van der Waals surface area contributed by atoms with Gasteiger partial charge >= 0.3 is 6.18 Å². The van der Waals surface area contributed by atoms with Crippen LogP contribution in [0.3, 0.4) is 0 Å². The van der Waals surface area contributed by atoms with E-state index < -0.39 is 17.8 Å². The van der Waals surface area contributed by atoms with Gasteiger partial charge in [-0.2, -0.15) is 13.2 Å². The summed E-state index contributed by atoms with van der Waals surface area (Å²) in [6, 6.07) is 0.857. The molecule has 0 aliphatic heterocycles. The third-order valence-corrected chi connectivity index (χ3v) is 2.47. The van der Waals surface area contributed by atoms with E-state index in [1.54, 1.807) is 6.92 Å². The molecule has 0 radical (unpaired) electrons. The largest absolute Gasteiger partial charge is 0.416 e. The van der Waals surface area contributed by atoms with Crippen LogP contribution >= 0.6 is 0 Å². The number of hydrogen-bond donors (Lipinski definition) is 1. The second kappa shape index (κ2) is 5.46. The fraction of sp³-hybridized carbons (Fsp3) is 0.545. The van der Waals surface area contributed by atoms with Crippen LogP contribution in [0.2, 0.25) is 0 Å². The molecule has 1 heterocycles. The molecule has 1 aromatic heterocycles. The molecule has 2 unspecified atom stereocenters. The zero-order valence-electron chi connectivity index (χ0n) is 9.53. The summed E-state index contributed by atoms with van der Waals surface area (Å²) in [4.78, 5) is 3.61. The standard InChI is InChI=1S/C11H14F3NO2/c1-7(17-2)5-10(16)8-6-15-4-3-9(8)11(12,13)14/h3-4,6-7,10,16H,5H2,1-2H3. The van der Waals surface area contributed by atoms with Crippen molar-refractivity contribution >= 4 is 0 Å². The lowest BCUT2D eigenvalue weighted by molar-refractivity contribution is -0.139. The van der Waals surface area contributed by atoms with Crippen LogP contribution in [0.4, 0.5) is 13.2 Å². The Morgan fingerprint density at radius 1 is 1.47 bits per heavy atom. The molecule has 6 heteroatoms. The molecule has 0 aliphatic carbocycles. The summed E-state index contributed by atoms with van der Waals surface area (Å²) in [7, 11) is 1.44. The Kier molecular flexibility index (Phi) is 4.47. The first-order valence-corrected chi connectivity index (χ1v) is 5.08. The number of aliphatic hydroxyl groups excluding tert-OH is 1. The maximum atomic E-state index is 12.7. The zero-order chi connectivity index (χ0) is 13.1. The highest BCUT2D eigenvalue weighted by Gasteiger charge is 2.35. The van der Waals surface area contributed by atoms with Crippen LogP contribution in [0.5, 0.6) is 0 Å². The highest BCUT2D eigenvalue weighted by atomic mass is 19.4. The molecule has 0 aromatic carbocycles. The predicted octanol–water partition coefficient (Wildman–Crippen LogP) is 2.56. The molecule has 0 bridgehead atoms. The molecule has 3 nitrogen and oxygen atoms in total. The number of nitrogens with zero attached hydrogens (tertiary/aromatic N) is 1. The minimum absolute atomic E-state index is 0.0886. The monoisotopic (exact) mass is 249 g/mol. The highest BCUT2D eigenvalue weighted by Crippen LogP contribution is 2.35. The number of rotatable bonds is 4. The maximum absolute atomic E-state index is 12.7. The van der Waals surface area contributed by atoms with Gasteiger partial charge in [0.2, 0.25) is 0 Å². The van der Waals surface area contributed by atoms with Crippen molar-refractivity contribution in [3.05, 3.63) is 29.6 Å². The average Bonchev–Trinajstić information content (AvgIpc) is 2.27. The molecule has 0 saturated carbocycles. The van der Waals surface area contributed by atoms with E-state index >= 15 is 0 Å². The first kappa shape index (κ1) is 13.9. The molecule has 0 aliphatic rings. The van der Waals surface area contributed by atoms with Gasteiger partial charge in [-0.1, -0.05) is 0 Å². The van der Waals surface area contributed by atoms with Crippen molar-refractivity contribution in [3.63, 3.8) is 0 Å². The molecule has 1 N–H and O–H groups in total. The molecular formula is C11H14F3NO2. The smallest absolute Gasteiger partial charge is 0.388 e. The molecule has 0 fully saturated rings. The Morgan fingerprint density at radius 3 is 2.65 bits per heavy atom. The Hall–Kier alpha value is -1.14. The molecule has 17 heavy (non-hydrogen) atoms. The minimum Gasteiger partial charge on any atom is -0.388 e. The quantitative estimate of drug-likeness (QED) is 0.891. The normalized spacial score (nSPS) is 15.6. The van der Waals surface area contributed by atoms with Crippen LogP contribution < -0.4 is 0 Å². The van der Waals surface area contributed by atoms with Crippen LogP contribution in [0.15, 0.2) is 18.5 Å². The van der Waals surface area contributed by atoms with Gasteiger partial charge in [0.1, 0.15) is 0 Å². The third-order valence-electron chi connectivity index (χ3n) is 2.47. The first-order valence-electron chi connectivity index (χ1n) is 5.08. The van der Waals surface area contributed by atoms with Crippen molar-refractivity contribution in [1.29, 1.82) is 0 Å². The summed E-state index contributed by atoms with van der Waals surface area (Å²) in [5.41, 5.74) is -1.08. The molecule has 0 saturated heterocycles. The van der Waals surface area contributed by atoms with E-state index in [2.05, 4.69) is 4.98 Å². The van der Waals surface area contributed by atoms with Gasteiger partial charge < -0.3 is 9.84 Å². The number of hydrogen-bond acceptors (Lipinski definition) is 3.